The summed E-state index contributed by atoms with van der Waals surface area (Å²) in [5, 5.41) is 2.90. The van der Waals surface area contributed by atoms with E-state index in [1.54, 1.807) is 11.8 Å². The molecule has 0 aromatic heterocycles. The van der Waals surface area contributed by atoms with Crippen LogP contribution < -0.4 is 10.2 Å². The number of anilines is 2. The highest BCUT2D eigenvalue weighted by Gasteiger charge is 2.33. The number of nitrogens with zero attached hydrogens (tertiary/aromatic N) is 2. The SMILES string of the molecule is CCCN(c1ccc2c(c1)CNC2=O)c1ccc(C(=O)N2CCC(C)(F)CC2)cc1C1CCC1. The van der Waals surface area contributed by atoms with Crippen molar-refractivity contribution in [2.45, 2.75) is 70.5 Å². The van der Waals surface area contributed by atoms with E-state index in [2.05, 4.69) is 35.3 Å². The van der Waals surface area contributed by atoms with Gasteiger partial charge in [-0.15, -0.1) is 0 Å². The highest BCUT2D eigenvalue weighted by molar-refractivity contribution is 5.99. The van der Waals surface area contributed by atoms with Crippen LogP contribution in [-0.4, -0.2) is 42.0 Å². The smallest absolute Gasteiger partial charge is 0.253 e. The van der Waals surface area contributed by atoms with E-state index >= 15 is 0 Å². The molecule has 2 fully saturated rings. The van der Waals surface area contributed by atoms with Crippen molar-refractivity contribution in [2.24, 2.45) is 0 Å². The van der Waals surface area contributed by atoms with E-state index in [-0.39, 0.29) is 11.8 Å². The first kappa shape index (κ1) is 22.9. The van der Waals surface area contributed by atoms with Crippen LogP contribution >= 0.6 is 0 Å². The largest absolute Gasteiger partial charge is 0.348 e. The minimum absolute atomic E-state index is 0.00628. The third kappa shape index (κ3) is 4.30. The van der Waals surface area contributed by atoms with Gasteiger partial charge in [0.15, 0.2) is 0 Å². The predicted octanol–water partition coefficient (Wildman–Crippen LogP) is 5.71. The fourth-order valence-corrected chi connectivity index (χ4v) is 5.34. The molecule has 0 atom stereocenters. The van der Waals surface area contributed by atoms with E-state index in [4.69, 9.17) is 0 Å². The number of likely N-dealkylation sites (tertiary alicyclic amines) is 1. The average molecular weight is 464 g/mol. The maximum Gasteiger partial charge on any atom is 0.253 e. The van der Waals surface area contributed by atoms with Gasteiger partial charge in [-0.05, 0) is 92.5 Å². The van der Waals surface area contributed by atoms with E-state index in [9.17, 15) is 14.0 Å². The molecule has 0 bridgehead atoms. The fraction of sp³-hybridized carbons (Fsp3) is 0.500. The highest BCUT2D eigenvalue weighted by atomic mass is 19.1. The summed E-state index contributed by atoms with van der Waals surface area (Å²) in [7, 11) is 0. The normalized spacial score (nSPS) is 19.4. The zero-order chi connectivity index (χ0) is 23.9. The van der Waals surface area contributed by atoms with Crippen molar-refractivity contribution in [3.05, 3.63) is 58.7 Å². The van der Waals surface area contributed by atoms with Crippen LogP contribution in [0.5, 0.6) is 0 Å². The van der Waals surface area contributed by atoms with Crippen molar-refractivity contribution >= 4 is 23.2 Å². The minimum Gasteiger partial charge on any atom is -0.348 e. The van der Waals surface area contributed by atoms with Gasteiger partial charge in [0.05, 0.1) is 0 Å². The maximum absolute atomic E-state index is 14.2. The summed E-state index contributed by atoms with van der Waals surface area (Å²) in [5.41, 5.74) is 4.78. The Morgan fingerprint density at radius 2 is 1.94 bits per heavy atom. The van der Waals surface area contributed by atoms with Crippen molar-refractivity contribution in [3.63, 3.8) is 0 Å². The number of hydrogen-bond donors (Lipinski definition) is 1. The Morgan fingerprint density at radius 3 is 2.62 bits per heavy atom. The number of piperidine rings is 1. The van der Waals surface area contributed by atoms with Gasteiger partial charge in [-0.2, -0.15) is 0 Å². The number of halogens is 1. The molecule has 0 unspecified atom stereocenters. The van der Waals surface area contributed by atoms with Gasteiger partial charge in [0.2, 0.25) is 0 Å². The molecule has 2 heterocycles. The number of fused-ring (bicyclic) bond motifs is 1. The Morgan fingerprint density at radius 1 is 1.18 bits per heavy atom. The van der Waals surface area contributed by atoms with E-state index in [1.165, 1.54) is 12.0 Å². The van der Waals surface area contributed by atoms with Crippen LogP contribution in [0, 0.1) is 0 Å². The Labute approximate surface area is 201 Å². The number of nitrogens with one attached hydrogen (secondary N) is 1. The van der Waals surface area contributed by atoms with Gasteiger partial charge in [0, 0.05) is 48.7 Å². The number of carbonyl (C=O) groups excluding carboxylic acids is 2. The van der Waals surface area contributed by atoms with Gasteiger partial charge in [0.1, 0.15) is 5.67 Å². The molecule has 2 amide bonds. The molecular formula is C28H34FN3O2. The summed E-state index contributed by atoms with van der Waals surface area (Å²) in [4.78, 5) is 29.4. The second-order valence-electron chi connectivity index (χ2n) is 10.3. The van der Waals surface area contributed by atoms with Crippen LogP contribution in [0.1, 0.15) is 90.1 Å². The van der Waals surface area contributed by atoms with Gasteiger partial charge in [-0.25, -0.2) is 4.39 Å². The molecule has 1 N–H and O–H groups in total. The van der Waals surface area contributed by atoms with E-state index < -0.39 is 5.67 Å². The van der Waals surface area contributed by atoms with E-state index in [0.717, 1.165) is 48.3 Å². The Hall–Kier alpha value is -2.89. The Balaban J connectivity index is 1.47. The molecule has 5 rings (SSSR count). The first-order chi connectivity index (χ1) is 16.4. The molecule has 5 nitrogen and oxygen atoms in total. The van der Waals surface area contributed by atoms with Crippen LogP contribution in [0.2, 0.25) is 0 Å². The van der Waals surface area contributed by atoms with Crippen molar-refractivity contribution < 1.29 is 14.0 Å². The first-order valence-electron chi connectivity index (χ1n) is 12.7. The molecule has 6 heteroatoms. The third-order valence-corrected chi connectivity index (χ3v) is 7.74. The van der Waals surface area contributed by atoms with Crippen molar-refractivity contribution in [3.8, 4) is 0 Å². The molecule has 180 valence electrons. The van der Waals surface area contributed by atoms with Crippen LogP contribution in [0.4, 0.5) is 15.8 Å². The molecule has 1 saturated carbocycles. The van der Waals surface area contributed by atoms with Gasteiger partial charge in [-0.1, -0.05) is 13.3 Å². The van der Waals surface area contributed by atoms with Crippen molar-refractivity contribution in [2.75, 3.05) is 24.5 Å². The Bertz CT molecular complexity index is 1100. The Kier molecular flexibility index (Phi) is 6.09. The van der Waals surface area contributed by atoms with E-state index in [1.807, 2.05) is 18.2 Å². The topological polar surface area (TPSA) is 52.7 Å². The molecule has 2 aromatic carbocycles. The molecule has 0 radical (unpaired) electrons. The molecule has 34 heavy (non-hydrogen) atoms. The second-order valence-corrected chi connectivity index (χ2v) is 10.3. The molecule has 1 saturated heterocycles. The summed E-state index contributed by atoms with van der Waals surface area (Å²) in [6.07, 6.45) is 5.26. The number of amides is 2. The second kappa shape index (κ2) is 9.05. The number of hydrogen-bond acceptors (Lipinski definition) is 3. The summed E-state index contributed by atoms with van der Waals surface area (Å²) in [5.74, 6) is 0.453. The van der Waals surface area contributed by atoms with Gasteiger partial charge in [0.25, 0.3) is 11.8 Å². The number of benzene rings is 2. The predicted molar refractivity (Wildman–Crippen MR) is 133 cm³/mol. The summed E-state index contributed by atoms with van der Waals surface area (Å²) in [6, 6.07) is 12.2. The van der Waals surface area contributed by atoms with Crippen molar-refractivity contribution in [1.29, 1.82) is 0 Å². The van der Waals surface area contributed by atoms with Crippen LogP contribution in [0.25, 0.3) is 0 Å². The molecule has 3 aliphatic rings. The van der Waals surface area contributed by atoms with Crippen molar-refractivity contribution in [1.82, 2.24) is 10.2 Å². The van der Waals surface area contributed by atoms with E-state index in [0.29, 0.717) is 44.0 Å². The average Bonchev–Trinajstić information content (AvgIpc) is 3.16. The molecule has 2 aromatic rings. The van der Waals surface area contributed by atoms with Crippen LogP contribution in [0.15, 0.2) is 36.4 Å². The maximum atomic E-state index is 14.2. The summed E-state index contributed by atoms with van der Waals surface area (Å²) in [6.45, 7) is 6.16. The van der Waals surface area contributed by atoms with Crippen LogP contribution in [-0.2, 0) is 6.54 Å². The number of alkyl halides is 1. The van der Waals surface area contributed by atoms with Gasteiger partial charge in [-0.3, -0.25) is 9.59 Å². The quantitative estimate of drug-likeness (QED) is 0.597. The lowest BCUT2D eigenvalue weighted by Crippen LogP contribution is -2.43. The summed E-state index contributed by atoms with van der Waals surface area (Å²) < 4.78 is 14.2. The summed E-state index contributed by atoms with van der Waals surface area (Å²) >= 11 is 0. The lowest BCUT2D eigenvalue weighted by Gasteiger charge is -2.36. The molecule has 2 aliphatic heterocycles. The minimum atomic E-state index is -1.17. The molecule has 1 aliphatic carbocycles. The highest BCUT2D eigenvalue weighted by Crippen LogP contribution is 2.43. The zero-order valence-corrected chi connectivity index (χ0v) is 20.2. The molecule has 0 spiro atoms. The zero-order valence-electron chi connectivity index (χ0n) is 20.2. The van der Waals surface area contributed by atoms with Gasteiger partial charge < -0.3 is 15.1 Å². The lowest BCUT2D eigenvalue weighted by atomic mass is 9.78. The number of rotatable bonds is 6. The molecular weight excluding hydrogens is 429 g/mol. The standard InChI is InChI=1S/C28H34FN3O2/c1-3-13-32(22-8-9-23-21(16-22)18-30-26(23)33)25-10-7-20(17-24(25)19-5-4-6-19)27(34)31-14-11-28(2,29)12-15-31/h7-10,16-17,19H,3-6,11-15,18H2,1-2H3,(H,30,33). The third-order valence-electron chi connectivity index (χ3n) is 7.74. The lowest BCUT2D eigenvalue weighted by molar-refractivity contribution is 0.0503. The van der Waals surface area contributed by atoms with Gasteiger partial charge >= 0.3 is 0 Å². The number of carbonyl (C=O) groups is 2. The van der Waals surface area contributed by atoms with Crippen LogP contribution in [0.3, 0.4) is 0 Å². The monoisotopic (exact) mass is 463 g/mol. The first-order valence-corrected chi connectivity index (χ1v) is 12.7. The fourth-order valence-electron chi connectivity index (χ4n) is 5.34.